The number of aliphatic hydroxyl groups is 1. The Balaban J connectivity index is 1.70. The van der Waals surface area contributed by atoms with Crippen molar-refractivity contribution in [2.24, 2.45) is 0 Å². The summed E-state index contributed by atoms with van der Waals surface area (Å²) in [5.74, 6) is -1.90. The highest BCUT2D eigenvalue weighted by molar-refractivity contribution is 6.51. The molecule has 1 amide bonds. The van der Waals surface area contributed by atoms with Crippen LogP contribution in [0, 0.1) is 5.82 Å². The van der Waals surface area contributed by atoms with E-state index in [-0.39, 0.29) is 17.0 Å². The molecule has 1 aromatic heterocycles. The Morgan fingerprint density at radius 2 is 2.00 bits per heavy atom. The Kier molecular flexibility index (Phi) is 5.05. The summed E-state index contributed by atoms with van der Waals surface area (Å²) in [6, 6.07) is 12.9. The molecule has 3 aromatic rings. The molecule has 3 heterocycles. The molecule has 5 rings (SSSR count). The van der Waals surface area contributed by atoms with E-state index >= 15 is 0 Å². The van der Waals surface area contributed by atoms with E-state index in [9.17, 15) is 19.1 Å². The van der Waals surface area contributed by atoms with Gasteiger partial charge in [0.05, 0.1) is 23.8 Å². The summed E-state index contributed by atoms with van der Waals surface area (Å²) in [7, 11) is 1.91. The second-order valence-electron chi connectivity index (χ2n) is 7.89. The van der Waals surface area contributed by atoms with Gasteiger partial charge in [-0.05, 0) is 48.0 Å². The minimum absolute atomic E-state index is 0.0865. The summed E-state index contributed by atoms with van der Waals surface area (Å²) in [6.07, 6.45) is 3.09. The molecule has 1 unspecified atom stereocenters. The molecule has 1 fully saturated rings. The average molecular weight is 445 g/mol. The van der Waals surface area contributed by atoms with E-state index in [1.165, 1.54) is 29.3 Å². The zero-order valence-corrected chi connectivity index (χ0v) is 17.7. The number of ether oxygens (including phenoxy) is 1. The molecule has 1 atom stereocenters. The number of anilines is 2. The minimum Gasteiger partial charge on any atom is -0.507 e. The lowest BCUT2D eigenvalue weighted by atomic mass is 9.95. The molecule has 8 heteroatoms. The Hall–Kier alpha value is -4.20. The standard InChI is InChI=1S/C25H20FN3O4/c1-28-10-11-33-20-8-7-15(12-19(20)28)23(30)21-22(16-4-3-9-27-14-16)29(25(32)24(21)31)18-6-2-5-17(26)13-18/h2-9,12-14,22,30H,10-11H2,1H3/b23-21-. The molecule has 0 saturated carbocycles. The third kappa shape index (κ3) is 3.49. The number of carbonyl (C=O) groups is 2. The minimum atomic E-state index is -0.967. The van der Waals surface area contributed by atoms with Crippen LogP contribution in [0.3, 0.4) is 0 Å². The molecular formula is C25H20FN3O4. The molecule has 7 nitrogen and oxygen atoms in total. The first-order chi connectivity index (χ1) is 16.0. The van der Waals surface area contributed by atoms with E-state index < -0.39 is 23.5 Å². The van der Waals surface area contributed by atoms with Gasteiger partial charge in [-0.1, -0.05) is 12.1 Å². The number of pyridine rings is 1. The molecule has 0 spiro atoms. The molecule has 33 heavy (non-hydrogen) atoms. The van der Waals surface area contributed by atoms with Gasteiger partial charge < -0.3 is 14.7 Å². The number of carbonyl (C=O) groups excluding carboxylic acids is 2. The largest absolute Gasteiger partial charge is 0.507 e. The quantitative estimate of drug-likeness (QED) is 0.376. The van der Waals surface area contributed by atoms with Crippen molar-refractivity contribution in [2.75, 3.05) is 30.0 Å². The van der Waals surface area contributed by atoms with E-state index in [1.54, 1.807) is 42.6 Å². The molecule has 2 aromatic carbocycles. The van der Waals surface area contributed by atoms with Crippen LogP contribution in [-0.2, 0) is 9.59 Å². The summed E-state index contributed by atoms with van der Waals surface area (Å²) in [6.45, 7) is 1.23. The van der Waals surface area contributed by atoms with Crippen molar-refractivity contribution in [3.05, 3.63) is 89.5 Å². The first-order valence-electron chi connectivity index (χ1n) is 10.4. The number of ketones is 1. The number of rotatable bonds is 3. The van der Waals surface area contributed by atoms with Gasteiger partial charge in [-0.3, -0.25) is 19.5 Å². The normalized spacial score (nSPS) is 19.4. The number of hydrogen-bond donors (Lipinski definition) is 1. The van der Waals surface area contributed by atoms with E-state index in [0.29, 0.717) is 30.0 Å². The van der Waals surface area contributed by atoms with Gasteiger partial charge in [0.15, 0.2) is 0 Å². The average Bonchev–Trinajstić information content (AvgIpc) is 3.10. The molecule has 0 radical (unpaired) electrons. The van der Waals surface area contributed by atoms with Crippen molar-refractivity contribution in [3.8, 4) is 5.75 Å². The van der Waals surface area contributed by atoms with Gasteiger partial charge in [0.1, 0.15) is 23.9 Å². The van der Waals surface area contributed by atoms with Crippen molar-refractivity contribution in [1.29, 1.82) is 0 Å². The number of amides is 1. The van der Waals surface area contributed by atoms with Crippen LogP contribution in [0.15, 0.2) is 72.6 Å². The van der Waals surface area contributed by atoms with Crippen molar-refractivity contribution in [1.82, 2.24) is 4.98 Å². The lowest BCUT2D eigenvalue weighted by Crippen LogP contribution is -2.29. The van der Waals surface area contributed by atoms with Gasteiger partial charge >= 0.3 is 0 Å². The zero-order chi connectivity index (χ0) is 23.1. The van der Waals surface area contributed by atoms with Crippen molar-refractivity contribution in [2.45, 2.75) is 6.04 Å². The number of benzene rings is 2. The Morgan fingerprint density at radius 1 is 1.15 bits per heavy atom. The molecule has 2 aliphatic heterocycles. The second kappa shape index (κ2) is 8.05. The van der Waals surface area contributed by atoms with Crippen LogP contribution >= 0.6 is 0 Å². The topological polar surface area (TPSA) is 83.0 Å². The summed E-state index contributed by atoms with van der Waals surface area (Å²) >= 11 is 0. The molecule has 0 aliphatic carbocycles. The first-order valence-corrected chi connectivity index (χ1v) is 10.4. The summed E-state index contributed by atoms with van der Waals surface area (Å²) < 4.78 is 19.6. The van der Waals surface area contributed by atoms with Gasteiger partial charge in [-0.25, -0.2) is 4.39 Å². The molecule has 1 N–H and O–H groups in total. The lowest BCUT2D eigenvalue weighted by molar-refractivity contribution is -0.132. The van der Waals surface area contributed by atoms with Gasteiger partial charge in [0, 0.05) is 30.7 Å². The smallest absolute Gasteiger partial charge is 0.300 e. The maximum Gasteiger partial charge on any atom is 0.300 e. The molecular weight excluding hydrogens is 425 g/mol. The SMILES string of the molecule is CN1CCOc2ccc(/C(O)=C3/C(=O)C(=O)N(c4cccc(F)c4)C3c3cccnc3)cc21. The first kappa shape index (κ1) is 20.7. The van der Waals surface area contributed by atoms with Crippen LogP contribution in [-0.4, -0.2) is 42.0 Å². The molecule has 2 aliphatic rings. The monoisotopic (exact) mass is 445 g/mol. The van der Waals surface area contributed by atoms with E-state index in [0.717, 1.165) is 5.69 Å². The van der Waals surface area contributed by atoms with E-state index in [4.69, 9.17) is 4.74 Å². The van der Waals surface area contributed by atoms with Gasteiger partial charge in [0.2, 0.25) is 0 Å². The van der Waals surface area contributed by atoms with Crippen LogP contribution in [0.2, 0.25) is 0 Å². The highest BCUT2D eigenvalue weighted by atomic mass is 19.1. The maximum atomic E-state index is 14.0. The van der Waals surface area contributed by atoms with E-state index in [1.807, 2.05) is 11.9 Å². The number of aliphatic hydroxyl groups excluding tert-OH is 1. The predicted molar refractivity (Wildman–Crippen MR) is 121 cm³/mol. The third-order valence-electron chi connectivity index (χ3n) is 5.86. The van der Waals surface area contributed by atoms with Crippen LogP contribution in [0.25, 0.3) is 5.76 Å². The van der Waals surface area contributed by atoms with Crippen LogP contribution in [0.5, 0.6) is 5.75 Å². The Labute approximate surface area is 189 Å². The van der Waals surface area contributed by atoms with Crippen molar-refractivity contribution in [3.63, 3.8) is 0 Å². The third-order valence-corrected chi connectivity index (χ3v) is 5.86. The molecule has 166 valence electrons. The second-order valence-corrected chi connectivity index (χ2v) is 7.89. The number of aromatic nitrogens is 1. The highest BCUT2D eigenvalue weighted by Crippen LogP contribution is 2.43. The summed E-state index contributed by atoms with van der Waals surface area (Å²) in [5.41, 5.74) is 1.78. The van der Waals surface area contributed by atoms with Crippen LogP contribution in [0.1, 0.15) is 17.2 Å². The van der Waals surface area contributed by atoms with Crippen LogP contribution < -0.4 is 14.5 Å². The maximum absolute atomic E-state index is 14.0. The fourth-order valence-electron chi connectivity index (χ4n) is 4.23. The zero-order valence-electron chi connectivity index (χ0n) is 17.7. The Morgan fingerprint density at radius 3 is 2.76 bits per heavy atom. The number of Topliss-reactive ketones (excluding diaryl/α,β-unsaturated/α-hetero) is 1. The predicted octanol–water partition coefficient (Wildman–Crippen LogP) is 3.68. The number of hydrogen-bond acceptors (Lipinski definition) is 6. The van der Waals surface area contributed by atoms with Crippen molar-refractivity contribution >= 4 is 28.8 Å². The number of nitrogens with zero attached hydrogens (tertiary/aromatic N) is 3. The number of fused-ring (bicyclic) bond motifs is 1. The van der Waals surface area contributed by atoms with Crippen LogP contribution in [0.4, 0.5) is 15.8 Å². The number of halogens is 1. The number of likely N-dealkylation sites (N-methyl/N-ethyl adjacent to an activating group) is 1. The van der Waals surface area contributed by atoms with Gasteiger partial charge in [-0.15, -0.1) is 0 Å². The highest BCUT2D eigenvalue weighted by Gasteiger charge is 2.47. The summed E-state index contributed by atoms with van der Waals surface area (Å²) in [4.78, 5) is 33.5. The van der Waals surface area contributed by atoms with E-state index in [2.05, 4.69) is 4.98 Å². The summed E-state index contributed by atoms with van der Waals surface area (Å²) in [5, 5.41) is 11.3. The lowest BCUT2D eigenvalue weighted by Gasteiger charge is -2.28. The molecule has 0 bridgehead atoms. The molecule has 1 saturated heterocycles. The van der Waals surface area contributed by atoms with Crippen molar-refractivity contribution < 1.29 is 23.8 Å². The fourth-order valence-corrected chi connectivity index (χ4v) is 4.23. The Bertz CT molecular complexity index is 1290. The van der Waals surface area contributed by atoms with Gasteiger partial charge in [-0.2, -0.15) is 0 Å². The fraction of sp³-hybridized carbons (Fsp3) is 0.160. The van der Waals surface area contributed by atoms with Gasteiger partial charge in [0.25, 0.3) is 11.7 Å².